The van der Waals surface area contributed by atoms with Crippen LogP contribution >= 0.6 is 0 Å². The Hall–Kier alpha value is -2.62. The number of aromatic nitrogens is 4. The number of amides is 2. The summed E-state index contributed by atoms with van der Waals surface area (Å²) in [5.41, 5.74) is 7.91. The van der Waals surface area contributed by atoms with Gasteiger partial charge in [-0.15, -0.1) is 0 Å². The Morgan fingerprint density at radius 3 is 2.21 bits per heavy atom. The fourth-order valence-electron chi connectivity index (χ4n) is 6.91. The third-order valence-corrected chi connectivity index (χ3v) is 9.30. The maximum Gasteiger partial charge on any atom is 0.317 e. The van der Waals surface area contributed by atoms with Crippen LogP contribution in [-0.4, -0.2) is 67.7 Å². The minimum atomic E-state index is 0.105. The van der Waals surface area contributed by atoms with Crippen LogP contribution in [0.5, 0.6) is 0 Å². The van der Waals surface area contributed by atoms with Gasteiger partial charge in [0.2, 0.25) is 5.95 Å². The number of rotatable bonds is 6. The third-order valence-electron chi connectivity index (χ3n) is 9.30. The van der Waals surface area contributed by atoms with E-state index in [-0.39, 0.29) is 12.1 Å². The molecule has 4 aliphatic rings. The van der Waals surface area contributed by atoms with Gasteiger partial charge in [-0.3, -0.25) is 0 Å². The van der Waals surface area contributed by atoms with E-state index < -0.39 is 0 Å². The zero-order valence-corrected chi connectivity index (χ0v) is 22.7. The lowest BCUT2D eigenvalue weighted by molar-refractivity contribution is 0.176. The predicted octanol–water partition coefficient (Wildman–Crippen LogP) is 4.54. The van der Waals surface area contributed by atoms with E-state index in [1.54, 1.807) is 0 Å². The number of carbonyl (C=O) groups excluding carboxylic acids is 1. The van der Waals surface area contributed by atoms with Gasteiger partial charge in [-0.1, -0.05) is 32.1 Å². The smallest absolute Gasteiger partial charge is 0.317 e. The first kappa shape index (κ1) is 25.6. The number of likely N-dealkylation sites (tertiary alicyclic amines) is 1. The number of hydrogen-bond donors (Lipinski definition) is 4. The molecule has 3 aliphatic carbocycles. The molecule has 2 amide bonds. The Morgan fingerprint density at radius 1 is 0.789 bits per heavy atom. The van der Waals surface area contributed by atoms with Crippen LogP contribution in [0.1, 0.15) is 102 Å². The zero-order valence-electron chi connectivity index (χ0n) is 22.7. The number of urea groups is 1. The molecule has 1 aliphatic heterocycles. The van der Waals surface area contributed by atoms with Crippen LogP contribution in [0.4, 0.5) is 16.6 Å². The van der Waals surface area contributed by atoms with Crippen molar-refractivity contribution in [2.45, 2.75) is 127 Å². The van der Waals surface area contributed by atoms with Crippen molar-refractivity contribution in [1.29, 1.82) is 0 Å². The molecule has 10 heteroatoms. The number of anilines is 2. The number of nitrogens with zero attached hydrogens (tertiary/aromatic N) is 5. The fourth-order valence-corrected chi connectivity index (χ4v) is 6.91. The van der Waals surface area contributed by atoms with Gasteiger partial charge >= 0.3 is 6.03 Å². The molecule has 5 N–H and O–H groups in total. The molecule has 2 aromatic rings. The summed E-state index contributed by atoms with van der Waals surface area (Å²) in [6.07, 6.45) is 18.8. The van der Waals surface area contributed by atoms with Crippen molar-refractivity contribution in [3.63, 3.8) is 0 Å². The SMILES string of the molecule is NC1CCC(Nc2nc(NC3CCN(C(=O)NC4CCCCC4)CC3)c3ncn(C4CCCC4)c3n2)CC1. The molecule has 0 bridgehead atoms. The van der Waals surface area contributed by atoms with E-state index in [2.05, 4.69) is 20.5 Å². The van der Waals surface area contributed by atoms with E-state index in [9.17, 15) is 4.79 Å². The van der Waals surface area contributed by atoms with Crippen LogP contribution in [0, 0.1) is 0 Å². The Kier molecular flexibility index (Phi) is 7.85. The molecule has 10 nitrogen and oxygen atoms in total. The lowest BCUT2D eigenvalue weighted by Crippen LogP contribution is -2.49. The highest BCUT2D eigenvalue weighted by Crippen LogP contribution is 2.34. The standard InChI is InChI=1S/C28H45N9O/c29-19-10-12-21(13-11-19)32-27-34-25(24-26(35-27)37(18-30-24)23-8-4-5-9-23)31-22-14-16-36(17-15-22)28(38)33-20-6-2-1-3-7-20/h18-23H,1-17,29H2,(H,33,38)(H2,31,32,34,35). The molecule has 3 heterocycles. The number of imidazole rings is 1. The Bertz CT molecular complexity index is 1080. The van der Waals surface area contributed by atoms with Crippen LogP contribution in [0.25, 0.3) is 11.2 Å². The molecule has 3 saturated carbocycles. The van der Waals surface area contributed by atoms with Crippen LogP contribution in [0.2, 0.25) is 0 Å². The minimum absolute atomic E-state index is 0.105. The van der Waals surface area contributed by atoms with E-state index in [0.717, 1.165) is 81.4 Å². The van der Waals surface area contributed by atoms with Gasteiger partial charge in [-0.25, -0.2) is 9.78 Å². The van der Waals surface area contributed by atoms with Gasteiger partial charge in [0.1, 0.15) is 0 Å². The number of hydrogen-bond acceptors (Lipinski definition) is 7. The summed E-state index contributed by atoms with van der Waals surface area (Å²) in [4.78, 5) is 29.5. The maximum absolute atomic E-state index is 12.8. The van der Waals surface area contributed by atoms with Crippen molar-refractivity contribution in [2.24, 2.45) is 5.73 Å². The Morgan fingerprint density at radius 2 is 1.47 bits per heavy atom. The van der Waals surface area contributed by atoms with Crippen molar-refractivity contribution < 1.29 is 4.79 Å². The molecule has 0 unspecified atom stereocenters. The summed E-state index contributed by atoms with van der Waals surface area (Å²) < 4.78 is 2.27. The van der Waals surface area contributed by atoms with Gasteiger partial charge in [-0.05, 0) is 64.2 Å². The van der Waals surface area contributed by atoms with E-state index in [1.165, 1.54) is 44.9 Å². The molecule has 0 aromatic carbocycles. The fraction of sp³-hybridized carbons (Fsp3) is 0.786. The molecule has 1 saturated heterocycles. The lowest BCUT2D eigenvalue weighted by Gasteiger charge is -2.34. The summed E-state index contributed by atoms with van der Waals surface area (Å²) in [5, 5.41) is 10.6. The van der Waals surface area contributed by atoms with Crippen LogP contribution in [0.3, 0.4) is 0 Å². The average Bonchev–Trinajstić information content (AvgIpc) is 3.61. The minimum Gasteiger partial charge on any atom is -0.365 e. The van der Waals surface area contributed by atoms with Crippen LogP contribution in [-0.2, 0) is 0 Å². The van der Waals surface area contributed by atoms with Gasteiger partial charge in [0, 0.05) is 43.3 Å². The highest BCUT2D eigenvalue weighted by atomic mass is 16.2. The van der Waals surface area contributed by atoms with Gasteiger partial charge < -0.3 is 31.2 Å². The molecule has 0 atom stereocenters. The van der Waals surface area contributed by atoms with Gasteiger partial charge in [0.25, 0.3) is 0 Å². The summed E-state index contributed by atoms with van der Waals surface area (Å²) >= 11 is 0. The largest absolute Gasteiger partial charge is 0.365 e. The number of carbonyl (C=O) groups is 1. The van der Waals surface area contributed by atoms with Crippen LogP contribution < -0.4 is 21.7 Å². The Balaban J connectivity index is 1.14. The molecule has 6 rings (SSSR count). The molecule has 0 spiro atoms. The zero-order chi connectivity index (χ0) is 25.9. The Labute approximate surface area is 225 Å². The second-order valence-corrected chi connectivity index (χ2v) is 12.1. The van der Waals surface area contributed by atoms with Gasteiger partial charge in [0.05, 0.1) is 6.33 Å². The number of piperidine rings is 1. The molecule has 0 radical (unpaired) electrons. The van der Waals surface area contributed by atoms with Crippen molar-refractivity contribution in [3.8, 4) is 0 Å². The van der Waals surface area contributed by atoms with Crippen molar-refractivity contribution in [2.75, 3.05) is 23.7 Å². The quantitative estimate of drug-likeness (QED) is 0.438. The van der Waals surface area contributed by atoms with Crippen LogP contribution in [0.15, 0.2) is 6.33 Å². The lowest BCUT2D eigenvalue weighted by atomic mass is 9.92. The number of nitrogens with one attached hydrogen (secondary N) is 3. The predicted molar refractivity (Wildman–Crippen MR) is 150 cm³/mol. The van der Waals surface area contributed by atoms with Gasteiger partial charge in [-0.2, -0.15) is 9.97 Å². The van der Waals surface area contributed by atoms with E-state index in [1.807, 2.05) is 11.2 Å². The number of fused-ring (bicyclic) bond motifs is 1. The molecular weight excluding hydrogens is 478 g/mol. The molecule has 2 aromatic heterocycles. The highest BCUT2D eigenvalue weighted by molar-refractivity contribution is 5.84. The third kappa shape index (κ3) is 5.84. The summed E-state index contributed by atoms with van der Waals surface area (Å²) in [6, 6.07) is 1.84. The average molecular weight is 524 g/mol. The van der Waals surface area contributed by atoms with Crippen molar-refractivity contribution in [3.05, 3.63) is 6.33 Å². The monoisotopic (exact) mass is 523 g/mol. The normalized spacial score (nSPS) is 26.1. The molecular formula is C28H45N9O. The first-order valence-corrected chi connectivity index (χ1v) is 15.2. The van der Waals surface area contributed by atoms with Crippen molar-refractivity contribution in [1.82, 2.24) is 29.7 Å². The summed E-state index contributed by atoms with van der Waals surface area (Å²) in [6.45, 7) is 1.52. The summed E-state index contributed by atoms with van der Waals surface area (Å²) in [7, 11) is 0. The molecule has 208 valence electrons. The molecule has 38 heavy (non-hydrogen) atoms. The maximum atomic E-state index is 12.8. The first-order chi connectivity index (χ1) is 18.6. The van der Waals surface area contributed by atoms with E-state index in [4.69, 9.17) is 20.7 Å². The highest BCUT2D eigenvalue weighted by Gasteiger charge is 2.28. The van der Waals surface area contributed by atoms with Gasteiger partial charge in [0.15, 0.2) is 17.0 Å². The number of nitrogens with two attached hydrogens (primary N) is 1. The van der Waals surface area contributed by atoms with E-state index >= 15 is 0 Å². The first-order valence-electron chi connectivity index (χ1n) is 15.2. The van der Waals surface area contributed by atoms with E-state index in [0.29, 0.717) is 30.1 Å². The second kappa shape index (κ2) is 11.6. The summed E-state index contributed by atoms with van der Waals surface area (Å²) in [5.74, 6) is 1.50. The second-order valence-electron chi connectivity index (χ2n) is 12.1. The van der Waals surface area contributed by atoms with Crippen molar-refractivity contribution >= 4 is 29.0 Å². The topological polar surface area (TPSA) is 126 Å². The molecule has 4 fully saturated rings.